The number of rotatable bonds is 10. The predicted octanol–water partition coefficient (Wildman–Crippen LogP) is -2.89. The van der Waals surface area contributed by atoms with Crippen LogP contribution in [0.4, 0.5) is 0 Å². The zero-order valence-corrected chi connectivity index (χ0v) is 17.8. The summed E-state index contributed by atoms with van der Waals surface area (Å²) in [4.78, 5) is 0. The first-order valence-corrected chi connectivity index (χ1v) is 11.0. The molecule has 2 saturated heterocycles. The van der Waals surface area contributed by atoms with Crippen molar-refractivity contribution in [1.29, 1.82) is 0 Å². The number of hydrogen-bond acceptors (Lipinski definition) is 11. The largest absolute Gasteiger partial charge is 0.394 e. The molecule has 10 atom stereocenters. The average molecular weight is 455 g/mol. The molecule has 11 nitrogen and oxygen atoms in total. The lowest BCUT2D eigenvalue weighted by Gasteiger charge is -2.58. The number of aliphatic hydroxyl groups excluding tert-OH is 7. The Labute approximate surface area is 181 Å². The van der Waals surface area contributed by atoms with Gasteiger partial charge in [0.15, 0.2) is 0 Å². The second-order valence-electron chi connectivity index (χ2n) is 8.66. The number of unbranched alkanes of at least 4 members (excludes halogenated alkanes) is 5. The Kier molecular flexibility index (Phi) is 9.62. The first kappa shape index (κ1) is 26.8. The van der Waals surface area contributed by atoms with Crippen molar-refractivity contribution >= 4 is 0 Å². The van der Waals surface area contributed by atoms with Crippen molar-refractivity contribution in [2.45, 2.75) is 112 Å². The van der Waals surface area contributed by atoms with E-state index >= 15 is 0 Å². The Bertz CT molecular complexity index is 549. The summed E-state index contributed by atoms with van der Waals surface area (Å²) in [6, 6.07) is 0. The third-order valence-corrected chi connectivity index (χ3v) is 6.51. The SMILES string of the molecule is CCCCCCCC[C@@]1(O)[C@@H](O)[C@H](O)[C@@H](CO)O[C@@]1(O)C1O[C@H](CO)[C@H](O)[C@H](O)[C@H]1O. The Hall–Kier alpha value is -0.440. The summed E-state index contributed by atoms with van der Waals surface area (Å²) in [6.45, 7) is 0.463. The van der Waals surface area contributed by atoms with E-state index in [1.807, 2.05) is 0 Å². The molecule has 0 aromatic carbocycles. The van der Waals surface area contributed by atoms with Gasteiger partial charge in [0.2, 0.25) is 5.79 Å². The van der Waals surface area contributed by atoms with Crippen LogP contribution in [0, 0.1) is 0 Å². The molecular weight excluding hydrogens is 416 g/mol. The van der Waals surface area contributed by atoms with Crippen LogP contribution in [-0.4, -0.2) is 119 Å². The molecule has 9 N–H and O–H groups in total. The molecule has 0 saturated carbocycles. The highest BCUT2D eigenvalue weighted by atomic mass is 16.7. The first-order valence-electron chi connectivity index (χ1n) is 11.0. The minimum Gasteiger partial charge on any atom is -0.394 e. The van der Waals surface area contributed by atoms with E-state index in [9.17, 15) is 46.0 Å². The molecule has 2 aliphatic rings. The summed E-state index contributed by atoms with van der Waals surface area (Å²) in [5.41, 5.74) is -2.55. The molecular formula is C20H38O11. The van der Waals surface area contributed by atoms with Crippen LogP contribution < -0.4 is 0 Å². The van der Waals surface area contributed by atoms with Crippen molar-refractivity contribution in [3.8, 4) is 0 Å². The Morgan fingerprint density at radius 3 is 1.87 bits per heavy atom. The predicted molar refractivity (Wildman–Crippen MR) is 106 cm³/mol. The van der Waals surface area contributed by atoms with E-state index in [-0.39, 0.29) is 6.42 Å². The smallest absolute Gasteiger partial charge is 0.228 e. The van der Waals surface area contributed by atoms with Crippen molar-refractivity contribution in [2.24, 2.45) is 0 Å². The molecule has 0 amide bonds. The van der Waals surface area contributed by atoms with E-state index in [0.717, 1.165) is 25.7 Å². The molecule has 2 aliphatic heterocycles. The molecule has 31 heavy (non-hydrogen) atoms. The summed E-state index contributed by atoms with van der Waals surface area (Å²) in [5, 5.41) is 93.3. The topological polar surface area (TPSA) is 201 Å². The fourth-order valence-corrected chi connectivity index (χ4v) is 4.49. The van der Waals surface area contributed by atoms with Gasteiger partial charge in [0.05, 0.1) is 13.2 Å². The Balaban J connectivity index is 2.32. The van der Waals surface area contributed by atoms with Gasteiger partial charge in [-0.25, -0.2) is 0 Å². The normalized spacial score (nSPS) is 46.3. The zero-order valence-electron chi connectivity index (χ0n) is 17.8. The highest BCUT2D eigenvalue weighted by Crippen LogP contribution is 2.45. The van der Waals surface area contributed by atoms with Gasteiger partial charge in [0.1, 0.15) is 54.4 Å². The van der Waals surface area contributed by atoms with Gasteiger partial charge < -0.3 is 55.4 Å². The van der Waals surface area contributed by atoms with Crippen LogP contribution in [0.1, 0.15) is 51.9 Å². The second kappa shape index (κ2) is 11.1. The molecule has 2 rings (SSSR count). The van der Waals surface area contributed by atoms with E-state index in [0.29, 0.717) is 12.8 Å². The molecule has 184 valence electrons. The Morgan fingerprint density at radius 1 is 0.710 bits per heavy atom. The minimum atomic E-state index is -2.88. The molecule has 0 aromatic rings. The summed E-state index contributed by atoms with van der Waals surface area (Å²) < 4.78 is 10.8. The highest BCUT2D eigenvalue weighted by molar-refractivity contribution is 5.13. The zero-order chi connectivity index (χ0) is 23.4. The second-order valence-corrected chi connectivity index (χ2v) is 8.66. The van der Waals surface area contributed by atoms with Gasteiger partial charge in [0.25, 0.3) is 0 Å². The van der Waals surface area contributed by atoms with Crippen LogP contribution in [-0.2, 0) is 9.47 Å². The van der Waals surface area contributed by atoms with Gasteiger partial charge in [-0.05, 0) is 6.42 Å². The summed E-state index contributed by atoms with van der Waals surface area (Å²) in [7, 11) is 0. The van der Waals surface area contributed by atoms with E-state index in [4.69, 9.17) is 9.47 Å². The van der Waals surface area contributed by atoms with E-state index in [1.165, 1.54) is 0 Å². The maximum absolute atomic E-state index is 11.4. The van der Waals surface area contributed by atoms with Gasteiger partial charge >= 0.3 is 0 Å². The molecule has 0 aromatic heterocycles. The maximum atomic E-state index is 11.4. The maximum Gasteiger partial charge on any atom is 0.228 e. The molecule has 0 bridgehead atoms. The van der Waals surface area contributed by atoms with Crippen LogP contribution in [0.15, 0.2) is 0 Å². The van der Waals surface area contributed by atoms with Crippen LogP contribution in [0.25, 0.3) is 0 Å². The van der Waals surface area contributed by atoms with Crippen molar-refractivity contribution in [2.75, 3.05) is 13.2 Å². The van der Waals surface area contributed by atoms with Gasteiger partial charge in [0, 0.05) is 0 Å². The first-order chi connectivity index (χ1) is 14.6. The lowest BCUT2D eigenvalue weighted by molar-refractivity contribution is -0.437. The fourth-order valence-electron chi connectivity index (χ4n) is 4.49. The fraction of sp³-hybridized carbons (Fsp3) is 1.00. The summed E-state index contributed by atoms with van der Waals surface area (Å²) >= 11 is 0. The van der Waals surface area contributed by atoms with Crippen molar-refractivity contribution in [3.05, 3.63) is 0 Å². The summed E-state index contributed by atoms with van der Waals surface area (Å²) in [5.74, 6) is -2.88. The van der Waals surface area contributed by atoms with Crippen LogP contribution in [0.3, 0.4) is 0 Å². The van der Waals surface area contributed by atoms with Gasteiger partial charge in [-0.2, -0.15) is 0 Å². The van der Waals surface area contributed by atoms with Gasteiger partial charge in [-0.1, -0.05) is 45.4 Å². The molecule has 0 radical (unpaired) electrons. The van der Waals surface area contributed by atoms with E-state index in [1.54, 1.807) is 0 Å². The third-order valence-electron chi connectivity index (χ3n) is 6.51. The number of ether oxygens (including phenoxy) is 2. The Morgan fingerprint density at radius 2 is 1.29 bits per heavy atom. The van der Waals surface area contributed by atoms with E-state index in [2.05, 4.69) is 6.92 Å². The van der Waals surface area contributed by atoms with Crippen LogP contribution >= 0.6 is 0 Å². The third kappa shape index (κ3) is 5.07. The van der Waals surface area contributed by atoms with E-state index < -0.39 is 73.4 Å². The van der Waals surface area contributed by atoms with Crippen molar-refractivity contribution in [1.82, 2.24) is 0 Å². The number of hydrogen-bond donors (Lipinski definition) is 9. The summed E-state index contributed by atoms with van der Waals surface area (Å²) in [6.07, 6.45) is -9.47. The quantitative estimate of drug-likeness (QED) is 0.153. The molecule has 0 aliphatic carbocycles. The molecule has 2 fully saturated rings. The van der Waals surface area contributed by atoms with Gasteiger partial charge in [-0.3, -0.25) is 0 Å². The lowest BCUT2D eigenvalue weighted by atomic mass is 9.72. The highest BCUT2D eigenvalue weighted by Gasteiger charge is 2.69. The minimum absolute atomic E-state index is 0.249. The number of aliphatic hydroxyl groups is 9. The molecule has 2 heterocycles. The lowest BCUT2D eigenvalue weighted by Crippen LogP contribution is -2.80. The standard InChI is InChI=1S/C20H38O11/c1-2-3-4-5-6-7-8-19(28)17(27)14(24)12(10-22)31-20(19,29)18-16(26)15(25)13(23)11(9-21)30-18/h11-18,21-29H,2-10H2,1H3/t11-,12-,13+,14-,15+,16-,17+,18?,19-,20+/m1/s1. The van der Waals surface area contributed by atoms with Crippen molar-refractivity contribution < 1.29 is 55.4 Å². The van der Waals surface area contributed by atoms with Gasteiger partial charge in [-0.15, -0.1) is 0 Å². The molecule has 0 spiro atoms. The molecule has 11 heteroatoms. The average Bonchev–Trinajstić information content (AvgIpc) is 2.76. The van der Waals surface area contributed by atoms with Crippen LogP contribution in [0.2, 0.25) is 0 Å². The van der Waals surface area contributed by atoms with Crippen LogP contribution in [0.5, 0.6) is 0 Å². The van der Waals surface area contributed by atoms with Crippen molar-refractivity contribution in [3.63, 3.8) is 0 Å². The monoisotopic (exact) mass is 454 g/mol. The molecule has 1 unspecified atom stereocenters.